The third kappa shape index (κ3) is 3.86. The summed E-state index contributed by atoms with van der Waals surface area (Å²) in [6.07, 6.45) is 2.98. The SMILES string of the molecule is CNC(=O)/N=C(\N)c1ccc(C)c(Nc2ncnn3cc(C(=O)OC)c(C)c23)c1. The summed E-state index contributed by atoms with van der Waals surface area (Å²) in [6.45, 7) is 3.72. The first-order chi connectivity index (χ1) is 13.8. The number of hydrogen-bond donors (Lipinski definition) is 3. The lowest BCUT2D eigenvalue weighted by atomic mass is 10.1. The van der Waals surface area contributed by atoms with Crippen LogP contribution in [0.2, 0.25) is 0 Å². The van der Waals surface area contributed by atoms with Crippen LogP contribution >= 0.6 is 0 Å². The molecule has 0 fully saturated rings. The van der Waals surface area contributed by atoms with Crippen LogP contribution in [0.15, 0.2) is 35.7 Å². The summed E-state index contributed by atoms with van der Waals surface area (Å²) in [5, 5.41) is 9.81. The average molecular weight is 395 g/mol. The van der Waals surface area contributed by atoms with Gasteiger partial charge in [0.05, 0.1) is 12.7 Å². The Hall–Kier alpha value is -3.95. The molecule has 0 unspecified atom stereocenters. The molecule has 10 nitrogen and oxygen atoms in total. The Labute approximate surface area is 166 Å². The fourth-order valence-corrected chi connectivity index (χ4v) is 2.84. The second-order valence-electron chi connectivity index (χ2n) is 6.27. The number of amides is 2. The van der Waals surface area contributed by atoms with Gasteiger partial charge in [-0.15, -0.1) is 0 Å². The van der Waals surface area contributed by atoms with Gasteiger partial charge in [-0.3, -0.25) is 0 Å². The number of amidine groups is 1. The van der Waals surface area contributed by atoms with Crippen LogP contribution in [0.1, 0.15) is 27.0 Å². The number of fused-ring (bicyclic) bond motifs is 1. The van der Waals surface area contributed by atoms with E-state index in [4.69, 9.17) is 10.5 Å². The van der Waals surface area contributed by atoms with Crippen molar-refractivity contribution in [3.63, 3.8) is 0 Å². The largest absolute Gasteiger partial charge is 0.465 e. The Balaban J connectivity index is 2.04. The highest BCUT2D eigenvalue weighted by molar-refractivity contribution is 6.04. The van der Waals surface area contributed by atoms with Crippen molar-refractivity contribution in [3.8, 4) is 0 Å². The number of carbonyl (C=O) groups is 2. The molecule has 10 heteroatoms. The van der Waals surface area contributed by atoms with Crippen molar-refractivity contribution in [2.75, 3.05) is 19.5 Å². The van der Waals surface area contributed by atoms with Crippen LogP contribution < -0.4 is 16.4 Å². The van der Waals surface area contributed by atoms with Gasteiger partial charge in [-0.2, -0.15) is 10.1 Å². The molecule has 0 aliphatic rings. The number of ether oxygens (including phenoxy) is 1. The topological polar surface area (TPSA) is 136 Å². The lowest BCUT2D eigenvalue weighted by Gasteiger charge is -2.12. The molecule has 0 saturated heterocycles. The van der Waals surface area contributed by atoms with E-state index < -0.39 is 12.0 Å². The molecule has 1 aromatic carbocycles. The van der Waals surface area contributed by atoms with Crippen molar-refractivity contribution in [3.05, 3.63) is 53.0 Å². The molecule has 2 amide bonds. The van der Waals surface area contributed by atoms with Gasteiger partial charge >= 0.3 is 12.0 Å². The summed E-state index contributed by atoms with van der Waals surface area (Å²) in [5.74, 6) is 0.150. The molecule has 3 aromatic rings. The smallest absolute Gasteiger partial charge is 0.342 e. The summed E-state index contributed by atoms with van der Waals surface area (Å²) in [4.78, 5) is 31.5. The maximum absolute atomic E-state index is 12.0. The van der Waals surface area contributed by atoms with Crippen LogP contribution in [0.5, 0.6) is 0 Å². The van der Waals surface area contributed by atoms with Crippen LogP contribution in [-0.4, -0.2) is 46.6 Å². The van der Waals surface area contributed by atoms with E-state index in [2.05, 4.69) is 25.7 Å². The van der Waals surface area contributed by atoms with Crippen molar-refractivity contribution < 1.29 is 14.3 Å². The summed E-state index contributed by atoms with van der Waals surface area (Å²) < 4.78 is 6.39. The second-order valence-corrected chi connectivity index (χ2v) is 6.27. The number of aliphatic imine (C=N–C) groups is 1. The monoisotopic (exact) mass is 395 g/mol. The molecule has 0 aliphatic heterocycles. The Bertz CT molecular complexity index is 1130. The van der Waals surface area contributed by atoms with Gasteiger partial charge < -0.3 is 21.1 Å². The van der Waals surface area contributed by atoms with Crippen LogP contribution in [0, 0.1) is 13.8 Å². The molecule has 0 aliphatic carbocycles. The summed E-state index contributed by atoms with van der Waals surface area (Å²) in [5.41, 5.74) is 9.89. The highest BCUT2D eigenvalue weighted by Crippen LogP contribution is 2.27. The number of urea groups is 1. The molecule has 0 bridgehead atoms. The first-order valence-electron chi connectivity index (χ1n) is 8.71. The number of hydrogen-bond acceptors (Lipinski definition) is 6. The van der Waals surface area contributed by atoms with Gasteiger partial charge in [-0.25, -0.2) is 19.1 Å². The van der Waals surface area contributed by atoms with Crippen molar-refractivity contribution in [2.45, 2.75) is 13.8 Å². The highest BCUT2D eigenvalue weighted by atomic mass is 16.5. The Morgan fingerprint density at radius 3 is 2.72 bits per heavy atom. The zero-order chi connectivity index (χ0) is 21.1. The number of nitrogens with two attached hydrogens (primary N) is 1. The maximum Gasteiger partial charge on any atom is 0.342 e. The summed E-state index contributed by atoms with van der Waals surface area (Å²) >= 11 is 0. The minimum atomic E-state index is -0.533. The molecule has 0 spiro atoms. The molecule has 0 atom stereocenters. The zero-order valence-corrected chi connectivity index (χ0v) is 16.5. The normalized spacial score (nSPS) is 11.4. The maximum atomic E-state index is 12.0. The van der Waals surface area contributed by atoms with Crippen LogP contribution in [0.4, 0.5) is 16.3 Å². The number of benzene rings is 1. The molecule has 2 heterocycles. The van der Waals surface area contributed by atoms with E-state index in [1.807, 2.05) is 13.0 Å². The molecule has 2 aromatic heterocycles. The van der Waals surface area contributed by atoms with Crippen molar-refractivity contribution >= 4 is 34.9 Å². The molecule has 29 heavy (non-hydrogen) atoms. The number of nitrogens with one attached hydrogen (secondary N) is 2. The molecule has 4 N–H and O–H groups in total. The number of rotatable bonds is 4. The first kappa shape index (κ1) is 19.8. The number of anilines is 2. The third-order valence-electron chi connectivity index (χ3n) is 4.45. The Morgan fingerprint density at radius 2 is 2.03 bits per heavy atom. The number of methoxy groups -OCH3 is 1. The van der Waals surface area contributed by atoms with E-state index in [1.165, 1.54) is 20.5 Å². The quantitative estimate of drug-likeness (QED) is 0.349. The fraction of sp³-hybridized carbons (Fsp3) is 0.211. The van der Waals surface area contributed by atoms with Crippen molar-refractivity contribution in [1.82, 2.24) is 19.9 Å². The lowest BCUT2D eigenvalue weighted by molar-refractivity contribution is 0.0600. The van der Waals surface area contributed by atoms with Crippen LogP contribution in [0.3, 0.4) is 0 Å². The van der Waals surface area contributed by atoms with Gasteiger partial charge in [0, 0.05) is 24.5 Å². The predicted molar refractivity (Wildman–Crippen MR) is 109 cm³/mol. The highest BCUT2D eigenvalue weighted by Gasteiger charge is 2.18. The molecule has 0 saturated carbocycles. The number of carbonyl (C=O) groups excluding carboxylic acids is 2. The number of esters is 1. The number of aryl methyl sites for hydroxylation is 2. The number of aromatic nitrogens is 3. The molecule has 150 valence electrons. The zero-order valence-electron chi connectivity index (χ0n) is 16.5. The molecule has 0 radical (unpaired) electrons. The predicted octanol–water partition coefficient (Wildman–Crippen LogP) is 1.92. The van der Waals surface area contributed by atoms with Crippen molar-refractivity contribution in [2.24, 2.45) is 10.7 Å². The first-order valence-corrected chi connectivity index (χ1v) is 8.71. The Morgan fingerprint density at radius 1 is 1.28 bits per heavy atom. The van der Waals surface area contributed by atoms with E-state index in [-0.39, 0.29) is 5.84 Å². The van der Waals surface area contributed by atoms with E-state index in [9.17, 15) is 9.59 Å². The van der Waals surface area contributed by atoms with E-state index in [0.29, 0.717) is 28.0 Å². The van der Waals surface area contributed by atoms with Gasteiger partial charge in [0.15, 0.2) is 5.82 Å². The van der Waals surface area contributed by atoms with Gasteiger partial charge in [0.25, 0.3) is 0 Å². The molecular weight excluding hydrogens is 374 g/mol. The third-order valence-corrected chi connectivity index (χ3v) is 4.45. The Kier molecular flexibility index (Phi) is 5.44. The number of nitrogens with zero attached hydrogens (tertiary/aromatic N) is 4. The van der Waals surface area contributed by atoms with Gasteiger partial charge in [-0.05, 0) is 31.0 Å². The molecule has 3 rings (SSSR count). The van der Waals surface area contributed by atoms with E-state index >= 15 is 0 Å². The summed E-state index contributed by atoms with van der Waals surface area (Å²) in [6, 6.07) is 4.87. The summed E-state index contributed by atoms with van der Waals surface area (Å²) in [7, 11) is 2.80. The van der Waals surface area contributed by atoms with Crippen LogP contribution in [0.25, 0.3) is 5.52 Å². The van der Waals surface area contributed by atoms with Crippen LogP contribution in [-0.2, 0) is 4.74 Å². The van der Waals surface area contributed by atoms with E-state index in [1.54, 1.807) is 29.8 Å². The lowest BCUT2D eigenvalue weighted by Crippen LogP contribution is -2.21. The van der Waals surface area contributed by atoms with Gasteiger partial charge in [-0.1, -0.05) is 12.1 Å². The molecular formula is C19H21N7O3. The standard InChI is InChI=1S/C19H21N7O3/c1-10-5-6-12(16(20)25-19(28)21-3)7-14(10)24-17-15-11(2)13(18(27)29-4)8-26(15)23-9-22-17/h5-9H,1-4H3,(H,22,23,24)(H3,20,21,25,28). The van der Waals surface area contributed by atoms with Gasteiger partial charge in [0.2, 0.25) is 0 Å². The van der Waals surface area contributed by atoms with Crippen molar-refractivity contribution in [1.29, 1.82) is 0 Å². The van der Waals surface area contributed by atoms with Gasteiger partial charge in [0.1, 0.15) is 17.7 Å². The minimum Gasteiger partial charge on any atom is -0.465 e. The fourth-order valence-electron chi connectivity index (χ4n) is 2.84. The minimum absolute atomic E-state index is 0.0899. The average Bonchev–Trinajstić information content (AvgIpc) is 3.06. The second kappa shape index (κ2) is 7.97. The van der Waals surface area contributed by atoms with E-state index in [0.717, 1.165) is 11.3 Å².